The lowest BCUT2D eigenvalue weighted by molar-refractivity contribution is 0.293. The number of aryl methyl sites for hydroxylation is 1. The molecule has 0 atom stereocenters. The van der Waals surface area contributed by atoms with Crippen LogP contribution in [0.4, 0.5) is 0 Å². The maximum atomic E-state index is 8.71. The Morgan fingerprint density at radius 1 is 1.58 bits per heavy atom. The molecule has 0 saturated carbocycles. The number of benzene rings is 1. The highest BCUT2D eigenvalue weighted by atomic mass is 35.5. The molecule has 0 radical (unpaired) electrons. The molecule has 0 saturated heterocycles. The molecule has 1 heterocycles. The normalized spacial score (nSPS) is 11.6. The number of hydrogen-bond acceptors (Lipinski definition) is 6. The van der Waals surface area contributed by atoms with E-state index in [-0.39, 0.29) is 12.4 Å². The van der Waals surface area contributed by atoms with Crippen molar-refractivity contribution >= 4 is 17.4 Å². The Balaban J connectivity index is 2.21. The molecule has 0 spiro atoms. The van der Waals surface area contributed by atoms with Crippen LogP contribution in [-0.4, -0.2) is 31.3 Å². The fourth-order valence-electron chi connectivity index (χ4n) is 1.40. The van der Waals surface area contributed by atoms with Crippen LogP contribution in [0.15, 0.2) is 23.4 Å². The predicted octanol–water partition coefficient (Wildman–Crippen LogP) is 0.537. The topological polar surface area (TPSA) is 111 Å². The van der Waals surface area contributed by atoms with Gasteiger partial charge in [-0.1, -0.05) is 16.8 Å². The Labute approximate surface area is 113 Å². The summed E-state index contributed by atoms with van der Waals surface area (Å²) in [5, 5.41) is 23.5. The molecule has 100 valence electrons. The van der Waals surface area contributed by atoms with Gasteiger partial charge in [-0.25, -0.2) is 0 Å². The lowest BCUT2D eigenvalue weighted by Crippen LogP contribution is -2.15. The third kappa shape index (κ3) is 3.10. The molecule has 0 aliphatic rings. The number of nitrogens with zero attached hydrogens (tertiary/aromatic N) is 5. The zero-order valence-corrected chi connectivity index (χ0v) is 10.7. The number of nitrogens with two attached hydrogens (primary N) is 1. The zero-order chi connectivity index (χ0) is 13.8. The van der Waals surface area contributed by atoms with Gasteiger partial charge in [0, 0.05) is 5.02 Å². The van der Waals surface area contributed by atoms with Gasteiger partial charge in [-0.05, 0) is 23.4 Å². The number of oxime groups is 1. The van der Waals surface area contributed by atoms with Gasteiger partial charge >= 0.3 is 0 Å². The van der Waals surface area contributed by atoms with E-state index < -0.39 is 0 Å². The van der Waals surface area contributed by atoms with E-state index in [4.69, 9.17) is 27.3 Å². The van der Waals surface area contributed by atoms with E-state index in [1.165, 1.54) is 4.80 Å². The van der Waals surface area contributed by atoms with Crippen molar-refractivity contribution in [3.05, 3.63) is 34.6 Å². The number of aromatic nitrogens is 4. The largest absolute Gasteiger partial charge is 0.485 e. The van der Waals surface area contributed by atoms with Crippen LogP contribution in [0, 0.1) is 0 Å². The van der Waals surface area contributed by atoms with E-state index >= 15 is 0 Å². The highest BCUT2D eigenvalue weighted by molar-refractivity contribution is 6.30. The molecular weight excluding hydrogens is 272 g/mol. The van der Waals surface area contributed by atoms with Crippen molar-refractivity contribution < 1.29 is 9.94 Å². The van der Waals surface area contributed by atoms with Gasteiger partial charge in [0.15, 0.2) is 12.4 Å². The second-order valence-corrected chi connectivity index (χ2v) is 4.05. The molecule has 0 unspecified atom stereocenters. The lowest BCUT2D eigenvalue weighted by atomic mass is 10.2. The van der Waals surface area contributed by atoms with Gasteiger partial charge in [-0.15, -0.1) is 10.2 Å². The van der Waals surface area contributed by atoms with Crippen LogP contribution in [0.25, 0.3) is 0 Å². The minimum Gasteiger partial charge on any atom is -0.485 e. The molecule has 0 fully saturated rings. The Hall–Kier alpha value is -2.35. The van der Waals surface area contributed by atoms with Crippen LogP contribution < -0.4 is 10.5 Å². The molecule has 0 aliphatic heterocycles. The second kappa shape index (κ2) is 5.53. The van der Waals surface area contributed by atoms with Gasteiger partial charge in [-0.2, -0.15) is 4.80 Å². The van der Waals surface area contributed by atoms with Gasteiger partial charge in [0.1, 0.15) is 5.75 Å². The van der Waals surface area contributed by atoms with Crippen LogP contribution in [0.1, 0.15) is 11.4 Å². The first-order chi connectivity index (χ1) is 9.10. The standard InChI is InChI=1S/C10H11ClN6O2/c1-17-14-9(13-16-17)5-19-8-4-6(11)2-3-7(8)10(12)15-18/h2-4,18H,5H2,1H3,(H2,12,15). The predicted molar refractivity (Wildman–Crippen MR) is 67.1 cm³/mol. The third-order valence-electron chi connectivity index (χ3n) is 2.23. The highest BCUT2D eigenvalue weighted by Crippen LogP contribution is 2.23. The van der Waals surface area contributed by atoms with Crippen molar-refractivity contribution in [2.45, 2.75) is 6.61 Å². The fraction of sp³-hybridized carbons (Fsp3) is 0.200. The fourth-order valence-corrected chi connectivity index (χ4v) is 1.57. The summed E-state index contributed by atoms with van der Waals surface area (Å²) >= 11 is 5.88. The molecule has 8 nitrogen and oxygen atoms in total. The number of ether oxygens (including phenoxy) is 1. The summed E-state index contributed by atoms with van der Waals surface area (Å²) in [6.07, 6.45) is 0. The first-order valence-corrected chi connectivity index (χ1v) is 5.61. The van der Waals surface area contributed by atoms with Crippen molar-refractivity contribution in [1.82, 2.24) is 20.2 Å². The summed E-state index contributed by atoms with van der Waals surface area (Å²) < 4.78 is 5.51. The summed E-state index contributed by atoms with van der Waals surface area (Å²) in [7, 11) is 1.65. The Kier molecular flexibility index (Phi) is 3.81. The quantitative estimate of drug-likeness (QED) is 0.366. The molecule has 2 aromatic rings. The number of amidine groups is 1. The van der Waals surface area contributed by atoms with Crippen LogP contribution in [0.5, 0.6) is 5.75 Å². The van der Waals surface area contributed by atoms with E-state index in [0.29, 0.717) is 22.2 Å². The lowest BCUT2D eigenvalue weighted by Gasteiger charge is -2.09. The number of rotatable bonds is 4. The second-order valence-electron chi connectivity index (χ2n) is 3.61. The first-order valence-electron chi connectivity index (χ1n) is 5.23. The summed E-state index contributed by atoms with van der Waals surface area (Å²) in [4.78, 5) is 1.32. The van der Waals surface area contributed by atoms with Crippen molar-refractivity contribution in [3.8, 4) is 5.75 Å². The SMILES string of the molecule is Cn1nnc(COc2cc(Cl)ccc2/C(N)=N/O)n1. The van der Waals surface area contributed by atoms with Gasteiger partial charge in [0.05, 0.1) is 12.6 Å². The molecule has 0 bridgehead atoms. The van der Waals surface area contributed by atoms with Crippen molar-refractivity contribution in [1.29, 1.82) is 0 Å². The van der Waals surface area contributed by atoms with Gasteiger partial charge in [0.25, 0.3) is 0 Å². The number of tetrazole rings is 1. The monoisotopic (exact) mass is 282 g/mol. The van der Waals surface area contributed by atoms with Gasteiger partial charge in [-0.3, -0.25) is 0 Å². The van der Waals surface area contributed by atoms with Crippen LogP contribution in [0.2, 0.25) is 5.02 Å². The molecular formula is C10H11ClN6O2. The highest BCUT2D eigenvalue weighted by Gasteiger charge is 2.10. The maximum absolute atomic E-state index is 8.71. The van der Waals surface area contributed by atoms with Crippen molar-refractivity contribution in [3.63, 3.8) is 0 Å². The first kappa shape index (κ1) is 13.1. The Morgan fingerprint density at radius 2 is 2.37 bits per heavy atom. The Morgan fingerprint density at radius 3 is 3.00 bits per heavy atom. The minimum atomic E-state index is -0.0706. The molecule has 1 aromatic carbocycles. The number of hydrogen-bond donors (Lipinski definition) is 2. The van der Waals surface area contributed by atoms with Crippen LogP contribution in [0.3, 0.4) is 0 Å². The molecule has 0 amide bonds. The Bertz CT molecular complexity index is 612. The average molecular weight is 283 g/mol. The third-order valence-corrected chi connectivity index (χ3v) is 2.47. The van der Waals surface area contributed by atoms with E-state index in [2.05, 4.69) is 20.6 Å². The summed E-state index contributed by atoms with van der Waals surface area (Å²) in [5.41, 5.74) is 5.97. The van der Waals surface area contributed by atoms with Crippen LogP contribution >= 0.6 is 11.6 Å². The summed E-state index contributed by atoms with van der Waals surface area (Å²) in [6, 6.07) is 4.77. The van der Waals surface area contributed by atoms with E-state index in [0.717, 1.165) is 0 Å². The molecule has 3 N–H and O–H groups in total. The summed E-state index contributed by atoms with van der Waals surface area (Å²) in [6.45, 7) is 0.0971. The van der Waals surface area contributed by atoms with E-state index in [9.17, 15) is 0 Å². The van der Waals surface area contributed by atoms with E-state index in [1.807, 2.05) is 0 Å². The van der Waals surface area contributed by atoms with Gasteiger partial charge in [0.2, 0.25) is 5.82 Å². The average Bonchev–Trinajstić information content (AvgIpc) is 2.81. The van der Waals surface area contributed by atoms with Crippen molar-refractivity contribution in [2.24, 2.45) is 17.9 Å². The molecule has 1 aromatic heterocycles. The van der Waals surface area contributed by atoms with Crippen LogP contribution in [-0.2, 0) is 13.7 Å². The molecule has 2 rings (SSSR count). The van der Waals surface area contributed by atoms with Crippen molar-refractivity contribution in [2.75, 3.05) is 0 Å². The zero-order valence-electron chi connectivity index (χ0n) is 9.99. The molecule has 0 aliphatic carbocycles. The van der Waals surface area contributed by atoms with Gasteiger partial charge < -0.3 is 15.7 Å². The molecule has 19 heavy (non-hydrogen) atoms. The summed E-state index contributed by atoms with van der Waals surface area (Å²) in [5.74, 6) is 0.710. The molecule has 9 heteroatoms. The smallest absolute Gasteiger partial charge is 0.212 e. The number of halogens is 1. The maximum Gasteiger partial charge on any atom is 0.212 e. The van der Waals surface area contributed by atoms with E-state index in [1.54, 1.807) is 25.2 Å². The minimum absolute atomic E-state index is 0.0706.